The lowest BCUT2D eigenvalue weighted by Crippen LogP contribution is -2.42. The van der Waals surface area contributed by atoms with E-state index in [-0.39, 0.29) is 12.1 Å². The van der Waals surface area contributed by atoms with E-state index < -0.39 is 28.8 Å². The molecule has 1 amide bonds. The predicted octanol–water partition coefficient (Wildman–Crippen LogP) is 1.68. The highest BCUT2D eigenvalue weighted by Crippen LogP contribution is 2.21. The first-order valence-corrected chi connectivity index (χ1v) is 6.14. The summed E-state index contributed by atoms with van der Waals surface area (Å²) in [4.78, 5) is 33.0. The van der Waals surface area contributed by atoms with Crippen LogP contribution in [0.15, 0.2) is 24.3 Å². The second-order valence-electron chi connectivity index (χ2n) is 4.38. The Hall–Kier alpha value is -2.44. The average Bonchev–Trinajstić information content (AvgIpc) is 2.43. The summed E-state index contributed by atoms with van der Waals surface area (Å²) in [6.07, 6.45) is 0.267. The molecule has 2 N–H and O–H groups in total. The lowest BCUT2D eigenvalue weighted by atomic mass is 9.99. The zero-order valence-corrected chi connectivity index (χ0v) is 11.2. The van der Waals surface area contributed by atoms with Crippen LogP contribution in [-0.4, -0.2) is 27.9 Å². The van der Waals surface area contributed by atoms with E-state index >= 15 is 0 Å². The zero-order valence-electron chi connectivity index (χ0n) is 11.2. The summed E-state index contributed by atoms with van der Waals surface area (Å²) in [5.41, 5.74) is 0.365. The number of carbonyl (C=O) groups excluding carboxylic acids is 1. The van der Waals surface area contributed by atoms with Crippen LogP contribution in [0, 0.1) is 10.1 Å². The van der Waals surface area contributed by atoms with E-state index in [9.17, 15) is 19.7 Å². The molecule has 1 aromatic rings. The van der Waals surface area contributed by atoms with Crippen LogP contribution in [-0.2, 0) is 9.59 Å². The van der Waals surface area contributed by atoms with E-state index in [1.165, 1.54) is 18.2 Å². The van der Waals surface area contributed by atoms with Crippen LogP contribution in [0.3, 0.4) is 0 Å². The quantitative estimate of drug-likeness (QED) is 0.608. The minimum atomic E-state index is -1.10. The van der Waals surface area contributed by atoms with Crippen molar-refractivity contribution in [2.24, 2.45) is 0 Å². The van der Waals surface area contributed by atoms with Gasteiger partial charge >= 0.3 is 5.97 Å². The summed E-state index contributed by atoms with van der Waals surface area (Å²) in [7, 11) is 0. The SMILES string of the molecule is CC[C@H](NC(=O)C(C)c1cccc([N+](=O)[O-])c1)C(=O)O. The maximum absolute atomic E-state index is 12.0. The highest BCUT2D eigenvalue weighted by molar-refractivity contribution is 5.87. The number of aliphatic carboxylic acids is 1. The molecule has 0 radical (unpaired) electrons. The number of rotatable bonds is 6. The van der Waals surface area contributed by atoms with Crippen molar-refractivity contribution in [3.63, 3.8) is 0 Å². The largest absolute Gasteiger partial charge is 0.480 e. The number of nitro groups is 1. The van der Waals surface area contributed by atoms with Gasteiger partial charge in [-0.3, -0.25) is 14.9 Å². The van der Waals surface area contributed by atoms with Crippen molar-refractivity contribution in [1.82, 2.24) is 5.32 Å². The van der Waals surface area contributed by atoms with Crippen molar-refractivity contribution in [2.75, 3.05) is 0 Å². The van der Waals surface area contributed by atoms with E-state index in [4.69, 9.17) is 5.11 Å². The second kappa shape index (κ2) is 6.65. The summed E-state index contributed by atoms with van der Waals surface area (Å²) in [5, 5.41) is 22.0. The van der Waals surface area contributed by atoms with E-state index in [2.05, 4.69) is 5.32 Å². The normalized spacial score (nSPS) is 13.3. The fourth-order valence-corrected chi connectivity index (χ4v) is 1.69. The van der Waals surface area contributed by atoms with Crippen LogP contribution in [0.2, 0.25) is 0 Å². The first-order valence-electron chi connectivity index (χ1n) is 6.14. The van der Waals surface area contributed by atoms with Crippen molar-refractivity contribution in [1.29, 1.82) is 0 Å². The van der Waals surface area contributed by atoms with Gasteiger partial charge in [0.05, 0.1) is 10.8 Å². The lowest BCUT2D eigenvalue weighted by molar-refractivity contribution is -0.384. The van der Waals surface area contributed by atoms with Gasteiger partial charge in [-0.15, -0.1) is 0 Å². The first kappa shape index (κ1) is 15.6. The van der Waals surface area contributed by atoms with Gasteiger partial charge in [-0.25, -0.2) is 4.79 Å². The van der Waals surface area contributed by atoms with Crippen LogP contribution >= 0.6 is 0 Å². The van der Waals surface area contributed by atoms with E-state index in [1.807, 2.05) is 0 Å². The minimum absolute atomic E-state index is 0.104. The highest BCUT2D eigenvalue weighted by Gasteiger charge is 2.23. The van der Waals surface area contributed by atoms with Gasteiger partial charge in [-0.05, 0) is 18.9 Å². The molecular weight excluding hydrogens is 264 g/mol. The van der Waals surface area contributed by atoms with Gasteiger partial charge < -0.3 is 10.4 Å². The molecule has 2 atom stereocenters. The van der Waals surface area contributed by atoms with Gasteiger partial charge in [0.15, 0.2) is 0 Å². The fourth-order valence-electron chi connectivity index (χ4n) is 1.69. The second-order valence-corrected chi connectivity index (χ2v) is 4.38. The molecule has 0 aromatic heterocycles. The Labute approximate surface area is 115 Å². The standard InChI is InChI=1S/C13H16N2O5/c1-3-11(13(17)18)14-12(16)8(2)9-5-4-6-10(7-9)15(19)20/h4-8,11H,3H2,1-2H3,(H,14,16)(H,17,18)/t8?,11-/m0/s1. The molecule has 1 unspecified atom stereocenters. The molecule has 1 aromatic carbocycles. The van der Waals surface area contributed by atoms with Gasteiger partial charge in [0.2, 0.25) is 5.91 Å². The van der Waals surface area contributed by atoms with Crippen LogP contribution in [0.25, 0.3) is 0 Å². The number of non-ortho nitro benzene ring substituents is 1. The molecule has 0 bridgehead atoms. The topological polar surface area (TPSA) is 110 Å². The third-order valence-corrected chi connectivity index (χ3v) is 3.00. The van der Waals surface area contributed by atoms with Crippen molar-refractivity contribution >= 4 is 17.6 Å². The van der Waals surface area contributed by atoms with Crippen LogP contribution < -0.4 is 5.32 Å². The molecule has 1 rings (SSSR count). The summed E-state index contributed by atoms with van der Waals surface area (Å²) < 4.78 is 0. The number of benzene rings is 1. The molecule has 0 spiro atoms. The number of carboxylic acid groups (broad SMARTS) is 1. The first-order chi connectivity index (χ1) is 9.36. The monoisotopic (exact) mass is 280 g/mol. The third kappa shape index (κ3) is 3.78. The van der Waals surface area contributed by atoms with Crippen LogP contribution in [0.5, 0.6) is 0 Å². The molecule has 0 heterocycles. The Balaban J connectivity index is 2.86. The fraction of sp³-hybridized carbons (Fsp3) is 0.385. The predicted molar refractivity (Wildman–Crippen MR) is 71.4 cm³/mol. The number of carbonyl (C=O) groups is 2. The Morgan fingerprint density at radius 1 is 1.45 bits per heavy atom. The molecule has 7 heteroatoms. The Morgan fingerprint density at radius 3 is 2.60 bits per heavy atom. The van der Waals surface area contributed by atoms with Crippen LogP contribution in [0.4, 0.5) is 5.69 Å². The molecule has 7 nitrogen and oxygen atoms in total. The van der Waals surface area contributed by atoms with Crippen LogP contribution in [0.1, 0.15) is 31.7 Å². The van der Waals surface area contributed by atoms with E-state index in [0.717, 1.165) is 0 Å². The molecule has 0 aliphatic carbocycles. The zero-order chi connectivity index (χ0) is 15.3. The number of carboxylic acids is 1. The number of amides is 1. The Kier molecular flexibility index (Phi) is 5.19. The van der Waals surface area contributed by atoms with Gasteiger partial charge in [0, 0.05) is 12.1 Å². The van der Waals surface area contributed by atoms with Crippen molar-refractivity contribution < 1.29 is 19.6 Å². The maximum Gasteiger partial charge on any atom is 0.326 e. The Morgan fingerprint density at radius 2 is 2.10 bits per heavy atom. The van der Waals surface area contributed by atoms with Gasteiger partial charge in [0.25, 0.3) is 5.69 Å². The molecule has 0 saturated heterocycles. The van der Waals surface area contributed by atoms with E-state index in [1.54, 1.807) is 19.9 Å². The van der Waals surface area contributed by atoms with Gasteiger partial charge in [0.1, 0.15) is 6.04 Å². The average molecular weight is 280 g/mol. The van der Waals surface area contributed by atoms with Crippen molar-refractivity contribution in [2.45, 2.75) is 32.2 Å². The van der Waals surface area contributed by atoms with Crippen molar-refractivity contribution in [3.8, 4) is 0 Å². The molecule has 108 valence electrons. The number of hydrogen-bond acceptors (Lipinski definition) is 4. The molecule has 0 fully saturated rings. The summed E-state index contributed by atoms with van der Waals surface area (Å²) in [6.45, 7) is 3.22. The molecule has 0 aliphatic heterocycles. The molecule has 0 saturated carbocycles. The molecule has 20 heavy (non-hydrogen) atoms. The summed E-state index contributed by atoms with van der Waals surface area (Å²) >= 11 is 0. The van der Waals surface area contributed by atoms with E-state index in [0.29, 0.717) is 5.56 Å². The van der Waals surface area contributed by atoms with Gasteiger partial charge in [-0.1, -0.05) is 19.1 Å². The van der Waals surface area contributed by atoms with Gasteiger partial charge in [-0.2, -0.15) is 0 Å². The highest BCUT2D eigenvalue weighted by atomic mass is 16.6. The number of nitrogens with zero attached hydrogens (tertiary/aromatic N) is 1. The Bertz CT molecular complexity index is 529. The number of hydrogen-bond donors (Lipinski definition) is 2. The molecular formula is C13H16N2O5. The third-order valence-electron chi connectivity index (χ3n) is 3.00. The minimum Gasteiger partial charge on any atom is -0.480 e. The summed E-state index contributed by atoms with van der Waals surface area (Å²) in [6, 6.07) is 4.78. The molecule has 0 aliphatic rings. The number of nitrogens with one attached hydrogen (secondary N) is 1. The van der Waals surface area contributed by atoms with Crippen molar-refractivity contribution in [3.05, 3.63) is 39.9 Å². The number of nitro benzene ring substituents is 1. The smallest absolute Gasteiger partial charge is 0.326 e. The lowest BCUT2D eigenvalue weighted by Gasteiger charge is -2.16. The maximum atomic E-state index is 12.0. The summed E-state index contributed by atoms with van der Waals surface area (Å²) in [5.74, 6) is -2.24.